The predicted molar refractivity (Wildman–Crippen MR) is 94.3 cm³/mol. The molecule has 0 saturated heterocycles. The van der Waals surface area contributed by atoms with Crippen molar-refractivity contribution in [3.63, 3.8) is 0 Å². The zero-order valence-corrected chi connectivity index (χ0v) is 14.3. The smallest absolute Gasteiger partial charge is 0.172 e. The minimum absolute atomic E-state index is 0.118. The largest absolute Gasteiger partial charge is 0.454 e. The third-order valence-electron chi connectivity index (χ3n) is 3.80. The summed E-state index contributed by atoms with van der Waals surface area (Å²) in [5, 5.41) is 4.25. The fourth-order valence-electron chi connectivity index (χ4n) is 2.68. The van der Waals surface area contributed by atoms with Crippen LogP contribution in [0.15, 0.2) is 55.1 Å². The van der Waals surface area contributed by atoms with E-state index in [1.165, 1.54) is 16.8 Å². The molecule has 4 heterocycles. The van der Waals surface area contributed by atoms with Crippen LogP contribution in [0.2, 0.25) is 0 Å². The Balaban J connectivity index is 1.73. The van der Waals surface area contributed by atoms with Gasteiger partial charge < -0.3 is 4.74 Å². The molecule has 4 rings (SSSR count). The van der Waals surface area contributed by atoms with Crippen LogP contribution < -0.4 is 4.74 Å². The second-order valence-electron chi connectivity index (χ2n) is 5.88. The van der Waals surface area contributed by atoms with Crippen molar-refractivity contribution in [2.45, 2.75) is 13.3 Å². The van der Waals surface area contributed by atoms with E-state index in [1.807, 2.05) is 6.07 Å². The van der Waals surface area contributed by atoms with Crippen LogP contribution in [0.1, 0.15) is 21.9 Å². The molecule has 0 unspecified atom stereocenters. The number of fused-ring (bicyclic) bond motifs is 1. The highest BCUT2D eigenvalue weighted by Crippen LogP contribution is 2.25. The second kappa shape index (κ2) is 6.91. The topological polar surface area (TPSA) is 82.3 Å². The summed E-state index contributed by atoms with van der Waals surface area (Å²) in [6.07, 6.45) is 5.80. The van der Waals surface area contributed by atoms with Gasteiger partial charge in [0.1, 0.15) is 23.1 Å². The third kappa shape index (κ3) is 3.64. The molecule has 4 aromatic rings. The van der Waals surface area contributed by atoms with Gasteiger partial charge in [-0.3, -0.25) is 14.8 Å². The van der Waals surface area contributed by atoms with Gasteiger partial charge in [-0.1, -0.05) is 6.07 Å². The molecule has 0 amide bonds. The molecule has 0 spiro atoms. The van der Waals surface area contributed by atoms with Gasteiger partial charge in [-0.25, -0.2) is 13.9 Å². The lowest BCUT2D eigenvalue weighted by Gasteiger charge is -2.08. The van der Waals surface area contributed by atoms with Crippen molar-refractivity contribution in [1.29, 1.82) is 0 Å². The number of aryl methyl sites for hydroxylation is 1. The summed E-state index contributed by atoms with van der Waals surface area (Å²) in [5.41, 5.74) is 1.43. The number of hydrogen-bond donors (Lipinski definition) is 0. The molecule has 8 heteroatoms. The van der Waals surface area contributed by atoms with Gasteiger partial charge in [0.2, 0.25) is 0 Å². The van der Waals surface area contributed by atoms with E-state index in [-0.39, 0.29) is 18.0 Å². The maximum absolute atomic E-state index is 13.3. The SMILES string of the molecule is Cc1nc2c(C(=O)Cc3ccccn3)cc(Oc3cncc(F)c3)cn2n1. The molecule has 0 radical (unpaired) electrons. The van der Waals surface area contributed by atoms with E-state index in [1.54, 1.807) is 37.5 Å². The highest BCUT2D eigenvalue weighted by Gasteiger charge is 2.17. The molecule has 0 aromatic carbocycles. The summed E-state index contributed by atoms with van der Waals surface area (Å²) in [5.74, 6) is 0.371. The van der Waals surface area contributed by atoms with E-state index in [0.29, 0.717) is 28.5 Å². The Bertz CT molecular complexity index is 1130. The lowest BCUT2D eigenvalue weighted by molar-refractivity contribution is 0.0992. The molecule has 0 aliphatic heterocycles. The molecule has 0 aliphatic carbocycles. The van der Waals surface area contributed by atoms with Crippen LogP contribution in [0.4, 0.5) is 4.39 Å². The second-order valence-corrected chi connectivity index (χ2v) is 5.88. The average Bonchev–Trinajstić information content (AvgIpc) is 3.02. The molecule has 0 atom stereocenters. The molecule has 134 valence electrons. The van der Waals surface area contributed by atoms with Crippen LogP contribution in [0.25, 0.3) is 5.65 Å². The Kier molecular flexibility index (Phi) is 4.29. The van der Waals surface area contributed by atoms with Crippen LogP contribution in [-0.4, -0.2) is 30.3 Å². The highest BCUT2D eigenvalue weighted by molar-refractivity contribution is 6.02. The molecular weight excluding hydrogens is 349 g/mol. The van der Waals surface area contributed by atoms with Gasteiger partial charge in [0.05, 0.1) is 30.6 Å². The summed E-state index contributed by atoms with van der Waals surface area (Å²) in [6, 6.07) is 8.17. The van der Waals surface area contributed by atoms with Gasteiger partial charge in [-0.05, 0) is 25.1 Å². The Labute approximate surface area is 153 Å². The van der Waals surface area contributed by atoms with Crippen LogP contribution in [0.3, 0.4) is 0 Å². The van der Waals surface area contributed by atoms with E-state index in [9.17, 15) is 9.18 Å². The number of halogens is 1. The third-order valence-corrected chi connectivity index (χ3v) is 3.80. The molecular formula is C19H14FN5O2. The number of rotatable bonds is 5. The highest BCUT2D eigenvalue weighted by atomic mass is 19.1. The molecule has 0 aliphatic rings. The van der Waals surface area contributed by atoms with Gasteiger partial charge in [0.25, 0.3) is 0 Å². The van der Waals surface area contributed by atoms with Crippen molar-refractivity contribution in [3.05, 3.63) is 78.0 Å². The minimum atomic E-state index is -0.517. The number of ether oxygens (including phenoxy) is 1. The van der Waals surface area contributed by atoms with Crippen LogP contribution >= 0.6 is 0 Å². The number of carbonyl (C=O) groups excluding carboxylic acids is 1. The van der Waals surface area contributed by atoms with E-state index in [0.717, 1.165) is 6.20 Å². The fourth-order valence-corrected chi connectivity index (χ4v) is 2.68. The lowest BCUT2D eigenvalue weighted by atomic mass is 10.1. The van der Waals surface area contributed by atoms with Gasteiger partial charge >= 0.3 is 0 Å². The van der Waals surface area contributed by atoms with Crippen LogP contribution in [-0.2, 0) is 6.42 Å². The molecule has 0 bridgehead atoms. The first kappa shape index (κ1) is 16.8. The predicted octanol–water partition coefficient (Wildman–Crippen LogP) is 3.18. The monoisotopic (exact) mass is 363 g/mol. The van der Waals surface area contributed by atoms with E-state index < -0.39 is 5.82 Å². The Morgan fingerprint density at radius 1 is 1.22 bits per heavy atom. The molecule has 0 N–H and O–H groups in total. The van der Waals surface area contributed by atoms with Crippen molar-refractivity contribution in [2.24, 2.45) is 0 Å². The van der Waals surface area contributed by atoms with Crippen molar-refractivity contribution in [1.82, 2.24) is 24.6 Å². The number of aromatic nitrogens is 5. The van der Waals surface area contributed by atoms with Crippen molar-refractivity contribution in [2.75, 3.05) is 0 Å². The zero-order valence-electron chi connectivity index (χ0n) is 14.3. The Hall–Kier alpha value is -3.68. The first-order chi connectivity index (χ1) is 13.1. The zero-order chi connectivity index (χ0) is 18.8. The summed E-state index contributed by atoms with van der Waals surface area (Å²) in [6.45, 7) is 1.73. The standard InChI is InChI=1S/C19H14FN5O2/c1-12-23-19-17(18(26)7-14-4-2-3-5-22-14)8-16(11-25(19)24-12)27-15-6-13(20)9-21-10-15/h2-6,8-11H,7H2,1H3. The number of ketones is 1. The van der Waals surface area contributed by atoms with Gasteiger partial charge in [-0.15, -0.1) is 0 Å². The summed E-state index contributed by atoms with van der Waals surface area (Å²) >= 11 is 0. The maximum Gasteiger partial charge on any atom is 0.172 e. The number of pyridine rings is 3. The number of Topliss-reactive ketones (excluding diaryl/α,β-unsaturated/α-hetero) is 1. The number of hydrogen-bond acceptors (Lipinski definition) is 6. The first-order valence-corrected chi connectivity index (χ1v) is 8.17. The summed E-state index contributed by atoms with van der Waals surface area (Å²) in [4.78, 5) is 25.1. The maximum atomic E-state index is 13.3. The lowest BCUT2D eigenvalue weighted by Crippen LogP contribution is -2.08. The summed E-state index contributed by atoms with van der Waals surface area (Å²) < 4.78 is 20.5. The van der Waals surface area contributed by atoms with E-state index >= 15 is 0 Å². The molecule has 7 nitrogen and oxygen atoms in total. The van der Waals surface area contributed by atoms with Crippen molar-refractivity contribution in [3.8, 4) is 11.5 Å². The van der Waals surface area contributed by atoms with Crippen molar-refractivity contribution >= 4 is 11.4 Å². The molecule has 27 heavy (non-hydrogen) atoms. The minimum Gasteiger partial charge on any atom is -0.454 e. The molecule has 0 saturated carbocycles. The molecule has 0 fully saturated rings. The Morgan fingerprint density at radius 3 is 2.89 bits per heavy atom. The normalized spacial score (nSPS) is 10.9. The fraction of sp³-hybridized carbons (Fsp3) is 0.105. The van der Waals surface area contributed by atoms with Gasteiger partial charge in [0.15, 0.2) is 11.4 Å². The number of carbonyl (C=O) groups is 1. The van der Waals surface area contributed by atoms with E-state index in [4.69, 9.17) is 4.74 Å². The average molecular weight is 363 g/mol. The summed E-state index contributed by atoms with van der Waals surface area (Å²) in [7, 11) is 0. The Morgan fingerprint density at radius 2 is 2.11 bits per heavy atom. The van der Waals surface area contributed by atoms with Crippen LogP contribution in [0, 0.1) is 12.7 Å². The molecule has 4 aromatic heterocycles. The van der Waals surface area contributed by atoms with Gasteiger partial charge in [-0.2, -0.15) is 5.10 Å². The van der Waals surface area contributed by atoms with E-state index in [2.05, 4.69) is 20.1 Å². The first-order valence-electron chi connectivity index (χ1n) is 8.17. The quantitative estimate of drug-likeness (QED) is 0.507. The van der Waals surface area contributed by atoms with Crippen molar-refractivity contribution < 1.29 is 13.9 Å². The van der Waals surface area contributed by atoms with Crippen LogP contribution in [0.5, 0.6) is 11.5 Å². The number of nitrogens with zero attached hydrogens (tertiary/aromatic N) is 5. The van der Waals surface area contributed by atoms with Gasteiger partial charge in [0, 0.05) is 18.0 Å².